The van der Waals surface area contributed by atoms with Crippen molar-refractivity contribution in [3.8, 4) is 0 Å². The smallest absolute Gasteiger partial charge is 0.233 e. The van der Waals surface area contributed by atoms with Crippen molar-refractivity contribution in [2.24, 2.45) is 4.99 Å². The second kappa shape index (κ2) is 12.2. The Balaban J connectivity index is 0.00000364. The van der Waals surface area contributed by atoms with Crippen LogP contribution in [0.1, 0.15) is 36.8 Å². The van der Waals surface area contributed by atoms with E-state index in [0.29, 0.717) is 18.5 Å². The molecule has 1 amide bonds. The van der Waals surface area contributed by atoms with Gasteiger partial charge in [0.05, 0.1) is 6.54 Å². The number of amides is 1. The zero-order valence-corrected chi connectivity index (χ0v) is 19.2. The van der Waals surface area contributed by atoms with Crippen LogP contribution in [0, 0.1) is 6.92 Å². The van der Waals surface area contributed by atoms with Gasteiger partial charge in [-0.25, -0.2) is 0 Å². The number of likely N-dealkylation sites (tertiary alicyclic amines) is 1. The molecule has 1 saturated heterocycles. The van der Waals surface area contributed by atoms with Crippen LogP contribution in [-0.4, -0.2) is 63.1 Å². The molecule has 1 atom stereocenters. The molecule has 2 rings (SSSR count). The Hall–Kier alpha value is -1.35. The fraction of sp³-hybridized carbons (Fsp3) is 0.600. The molecule has 1 heterocycles. The number of aliphatic imine (C=N–C) groups is 1. The van der Waals surface area contributed by atoms with Crippen LogP contribution in [0.5, 0.6) is 0 Å². The molecule has 1 aromatic carbocycles. The zero-order chi connectivity index (χ0) is 18.9. The van der Waals surface area contributed by atoms with Crippen molar-refractivity contribution in [1.29, 1.82) is 0 Å². The van der Waals surface area contributed by atoms with Crippen molar-refractivity contribution in [3.05, 3.63) is 35.4 Å². The summed E-state index contributed by atoms with van der Waals surface area (Å²) in [6.07, 6.45) is 2.04. The minimum absolute atomic E-state index is 0. The van der Waals surface area contributed by atoms with Gasteiger partial charge < -0.3 is 16.0 Å². The highest BCUT2D eigenvalue weighted by atomic mass is 127. The van der Waals surface area contributed by atoms with E-state index in [1.165, 1.54) is 11.1 Å². The molecule has 0 radical (unpaired) electrons. The fourth-order valence-electron chi connectivity index (χ4n) is 3.25. The molecule has 7 heteroatoms. The first-order chi connectivity index (χ1) is 12.5. The van der Waals surface area contributed by atoms with Crippen LogP contribution in [0.15, 0.2) is 29.3 Å². The molecule has 1 aromatic rings. The van der Waals surface area contributed by atoms with Gasteiger partial charge in [0.2, 0.25) is 5.91 Å². The van der Waals surface area contributed by atoms with Gasteiger partial charge in [0.15, 0.2) is 5.96 Å². The summed E-state index contributed by atoms with van der Waals surface area (Å²) in [6, 6.07) is 9.06. The third-order valence-corrected chi connectivity index (χ3v) is 4.98. The Kier molecular flexibility index (Phi) is 10.7. The monoisotopic (exact) mass is 487 g/mol. The Morgan fingerprint density at radius 1 is 1.33 bits per heavy atom. The molecule has 1 unspecified atom stereocenters. The second-order valence-electron chi connectivity index (χ2n) is 7.14. The molecule has 0 aromatic heterocycles. The predicted octanol–water partition coefficient (Wildman–Crippen LogP) is 2.09. The molecule has 152 valence electrons. The van der Waals surface area contributed by atoms with Crippen LogP contribution in [0.2, 0.25) is 0 Å². The number of nitrogens with one attached hydrogen (secondary N) is 3. The van der Waals surface area contributed by atoms with Gasteiger partial charge in [-0.05, 0) is 31.2 Å². The normalized spacial score (nSPS) is 17.0. The van der Waals surface area contributed by atoms with E-state index in [-0.39, 0.29) is 29.9 Å². The number of hydrogen-bond acceptors (Lipinski definition) is 3. The van der Waals surface area contributed by atoms with Gasteiger partial charge in [-0.1, -0.05) is 36.8 Å². The molecule has 1 aliphatic rings. The first kappa shape index (κ1) is 23.7. The van der Waals surface area contributed by atoms with E-state index in [1.54, 1.807) is 7.05 Å². The van der Waals surface area contributed by atoms with Crippen LogP contribution >= 0.6 is 24.0 Å². The van der Waals surface area contributed by atoms with Crippen molar-refractivity contribution in [2.75, 3.05) is 40.3 Å². The van der Waals surface area contributed by atoms with E-state index >= 15 is 0 Å². The van der Waals surface area contributed by atoms with E-state index in [1.807, 2.05) is 7.05 Å². The number of rotatable bonds is 6. The molecular weight excluding hydrogens is 453 g/mol. The maximum absolute atomic E-state index is 11.5. The maximum Gasteiger partial charge on any atom is 0.233 e. The molecule has 27 heavy (non-hydrogen) atoms. The lowest BCUT2D eigenvalue weighted by Crippen LogP contribution is -2.50. The van der Waals surface area contributed by atoms with Gasteiger partial charge in [0, 0.05) is 39.8 Å². The molecular formula is C20H34IN5O. The summed E-state index contributed by atoms with van der Waals surface area (Å²) in [4.78, 5) is 18.0. The molecule has 1 aliphatic heterocycles. The number of carbonyl (C=O) groups excluding carboxylic acids is 1. The van der Waals surface area contributed by atoms with Crippen molar-refractivity contribution in [1.82, 2.24) is 20.9 Å². The van der Waals surface area contributed by atoms with Gasteiger partial charge in [-0.2, -0.15) is 0 Å². The number of likely N-dealkylation sites (N-methyl/N-ethyl adjacent to an activating group) is 1. The van der Waals surface area contributed by atoms with Crippen LogP contribution in [-0.2, 0) is 4.79 Å². The third-order valence-electron chi connectivity index (χ3n) is 4.98. The SMILES string of the molecule is CN=C(NCC(C)c1cccc(C)c1)NC1CCN(CC(=O)NC)CC1.I. The summed E-state index contributed by atoms with van der Waals surface area (Å²) in [6.45, 7) is 7.55. The van der Waals surface area contributed by atoms with Crippen LogP contribution in [0.4, 0.5) is 0 Å². The van der Waals surface area contributed by atoms with Crippen LogP contribution in [0.25, 0.3) is 0 Å². The lowest BCUT2D eigenvalue weighted by Gasteiger charge is -2.32. The Morgan fingerprint density at radius 3 is 2.63 bits per heavy atom. The highest BCUT2D eigenvalue weighted by Gasteiger charge is 2.21. The third kappa shape index (κ3) is 8.04. The van der Waals surface area contributed by atoms with E-state index in [4.69, 9.17) is 0 Å². The number of piperidine rings is 1. The predicted molar refractivity (Wildman–Crippen MR) is 123 cm³/mol. The molecule has 1 fully saturated rings. The molecule has 3 N–H and O–H groups in total. The van der Waals surface area contributed by atoms with E-state index < -0.39 is 0 Å². The number of halogens is 1. The lowest BCUT2D eigenvalue weighted by molar-refractivity contribution is -0.122. The van der Waals surface area contributed by atoms with Crippen molar-refractivity contribution < 1.29 is 4.79 Å². The summed E-state index contributed by atoms with van der Waals surface area (Å²) in [7, 11) is 3.50. The van der Waals surface area contributed by atoms with Crippen molar-refractivity contribution in [2.45, 2.75) is 38.6 Å². The quantitative estimate of drug-likeness (QED) is 0.327. The largest absolute Gasteiger partial charge is 0.358 e. The number of aryl methyl sites for hydroxylation is 1. The van der Waals surface area contributed by atoms with Gasteiger partial charge in [-0.3, -0.25) is 14.7 Å². The van der Waals surface area contributed by atoms with Gasteiger partial charge in [-0.15, -0.1) is 24.0 Å². The number of hydrogen-bond donors (Lipinski definition) is 3. The van der Waals surface area contributed by atoms with Crippen molar-refractivity contribution >= 4 is 35.8 Å². The van der Waals surface area contributed by atoms with Crippen LogP contribution in [0.3, 0.4) is 0 Å². The maximum atomic E-state index is 11.5. The lowest BCUT2D eigenvalue weighted by atomic mass is 9.99. The molecule has 0 spiro atoms. The Bertz CT molecular complexity index is 614. The number of benzene rings is 1. The summed E-state index contributed by atoms with van der Waals surface area (Å²) >= 11 is 0. The van der Waals surface area contributed by atoms with Crippen LogP contribution < -0.4 is 16.0 Å². The van der Waals surface area contributed by atoms with Crippen molar-refractivity contribution in [3.63, 3.8) is 0 Å². The second-order valence-corrected chi connectivity index (χ2v) is 7.14. The van der Waals surface area contributed by atoms with Gasteiger partial charge in [0.1, 0.15) is 0 Å². The minimum Gasteiger partial charge on any atom is -0.358 e. The summed E-state index contributed by atoms with van der Waals surface area (Å²) in [5.41, 5.74) is 2.64. The standard InChI is InChI=1S/C20H33N5O.HI/c1-15-6-5-7-17(12-15)16(2)13-23-20(22-4)24-18-8-10-25(11-9-18)14-19(26)21-3;/h5-7,12,16,18H,8-11,13-14H2,1-4H3,(H,21,26)(H2,22,23,24);1H. The summed E-state index contributed by atoms with van der Waals surface area (Å²) < 4.78 is 0. The van der Waals surface area contributed by atoms with E-state index in [0.717, 1.165) is 38.4 Å². The average Bonchev–Trinajstić information content (AvgIpc) is 2.66. The minimum atomic E-state index is 0. The first-order valence-corrected chi connectivity index (χ1v) is 9.48. The summed E-state index contributed by atoms with van der Waals surface area (Å²) in [5.74, 6) is 1.36. The van der Waals surface area contributed by atoms with Gasteiger partial charge in [0.25, 0.3) is 0 Å². The average molecular weight is 487 g/mol. The summed E-state index contributed by atoms with van der Waals surface area (Å²) in [5, 5.41) is 9.66. The number of nitrogens with zero attached hydrogens (tertiary/aromatic N) is 2. The van der Waals surface area contributed by atoms with E-state index in [9.17, 15) is 4.79 Å². The first-order valence-electron chi connectivity index (χ1n) is 9.48. The molecule has 0 aliphatic carbocycles. The highest BCUT2D eigenvalue weighted by Crippen LogP contribution is 2.15. The molecule has 6 nitrogen and oxygen atoms in total. The number of carbonyl (C=O) groups is 1. The van der Waals surface area contributed by atoms with E-state index in [2.05, 4.69) is 64.0 Å². The fourth-order valence-corrected chi connectivity index (χ4v) is 3.25. The molecule has 0 saturated carbocycles. The highest BCUT2D eigenvalue weighted by molar-refractivity contribution is 14.0. The zero-order valence-electron chi connectivity index (χ0n) is 16.9. The topological polar surface area (TPSA) is 68.8 Å². The number of guanidine groups is 1. The Labute approximate surface area is 180 Å². The molecule has 0 bridgehead atoms. The Morgan fingerprint density at radius 2 is 2.04 bits per heavy atom. The van der Waals surface area contributed by atoms with Gasteiger partial charge >= 0.3 is 0 Å².